The van der Waals surface area contributed by atoms with Crippen LogP contribution in [0, 0.1) is 10.1 Å². The lowest BCUT2D eigenvalue weighted by Gasteiger charge is -2.39. The number of aliphatic hydroxyl groups excluding tert-OH is 4. The van der Waals surface area contributed by atoms with Crippen molar-refractivity contribution >= 4 is 5.70 Å². The highest BCUT2D eigenvalue weighted by atomic mass is 16.7. The highest BCUT2D eigenvalue weighted by molar-refractivity contribution is 5.56. The molecule has 23 heavy (non-hydrogen) atoms. The lowest BCUT2D eigenvalue weighted by Crippen LogP contribution is -2.60. The SMILES string of the molecule is C=C(c1ccc(O[C@@H]2O[C@H](CO)[C@@H](O)[C@H](O)[C@H]2O)cc1)[N+](=O)[O-]. The first-order valence-electron chi connectivity index (χ1n) is 6.76. The Labute approximate surface area is 131 Å². The van der Waals surface area contributed by atoms with Gasteiger partial charge in [-0.2, -0.15) is 0 Å². The molecule has 1 saturated heterocycles. The molecule has 0 spiro atoms. The maximum Gasteiger partial charge on any atom is 0.269 e. The Hall–Kier alpha value is -2.04. The monoisotopic (exact) mass is 327 g/mol. The van der Waals surface area contributed by atoms with Crippen molar-refractivity contribution in [1.82, 2.24) is 0 Å². The van der Waals surface area contributed by atoms with E-state index in [-0.39, 0.29) is 17.0 Å². The molecule has 9 heteroatoms. The van der Waals surface area contributed by atoms with E-state index in [0.29, 0.717) is 0 Å². The minimum absolute atomic E-state index is 0.217. The molecule has 0 aliphatic carbocycles. The van der Waals surface area contributed by atoms with Crippen LogP contribution in [-0.4, -0.2) is 62.7 Å². The lowest BCUT2D eigenvalue weighted by atomic mass is 9.99. The molecule has 0 unspecified atom stereocenters. The van der Waals surface area contributed by atoms with Crippen LogP contribution >= 0.6 is 0 Å². The van der Waals surface area contributed by atoms with Crippen LogP contribution in [-0.2, 0) is 4.74 Å². The highest BCUT2D eigenvalue weighted by Gasteiger charge is 2.44. The quantitative estimate of drug-likeness (QED) is 0.403. The van der Waals surface area contributed by atoms with Gasteiger partial charge in [0.2, 0.25) is 6.29 Å². The van der Waals surface area contributed by atoms with Crippen molar-refractivity contribution in [3.05, 3.63) is 46.5 Å². The van der Waals surface area contributed by atoms with Crippen molar-refractivity contribution in [3.63, 3.8) is 0 Å². The summed E-state index contributed by atoms with van der Waals surface area (Å²) in [4.78, 5) is 10.0. The minimum atomic E-state index is -1.54. The Morgan fingerprint density at radius 1 is 1.22 bits per heavy atom. The summed E-state index contributed by atoms with van der Waals surface area (Å²) in [5.74, 6) is 0.217. The molecule has 1 fully saturated rings. The molecule has 126 valence electrons. The van der Waals surface area contributed by atoms with Crippen LogP contribution in [0.1, 0.15) is 5.56 Å². The maximum absolute atomic E-state index is 10.6. The number of aliphatic hydroxyl groups is 4. The predicted molar refractivity (Wildman–Crippen MR) is 76.9 cm³/mol. The van der Waals surface area contributed by atoms with Gasteiger partial charge >= 0.3 is 0 Å². The van der Waals surface area contributed by atoms with Crippen LogP contribution in [0.5, 0.6) is 5.75 Å². The second-order valence-corrected chi connectivity index (χ2v) is 5.04. The number of hydrogen-bond donors (Lipinski definition) is 4. The van der Waals surface area contributed by atoms with Crippen molar-refractivity contribution in [2.24, 2.45) is 0 Å². The molecule has 0 amide bonds. The van der Waals surface area contributed by atoms with E-state index in [1.54, 1.807) is 0 Å². The van der Waals surface area contributed by atoms with Crippen molar-refractivity contribution in [3.8, 4) is 5.75 Å². The molecule has 9 nitrogen and oxygen atoms in total. The van der Waals surface area contributed by atoms with Gasteiger partial charge in [0.1, 0.15) is 30.2 Å². The zero-order valence-corrected chi connectivity index (χ0v) is 12.0. The molecule has 0 radical (unpaired) electrons. The van der Waals surface area contributed by atoms with Gasteiger partial charge in [-0.1, -0.05) is 0 Å². The molecule has 0 saturated carbocycles. The van der Waals surface area contributed by atoms with Crippen LogP contribution in [0.25, 0.3) is 5.70 Å². The van der Waals surface area contributed by atoms with Gasteiger partial charge in [0.15, 0.2) is 0 Å². The zero-order valence-electron chi connectivity index (χ0n) is 12.0. The molecule has 1 aromatic rings. The Kier molecular flexibility index (Phi) is 5.29. The van der Waals surface area contributed by atoms with E-state index in [1.165, 1.54) is 24.3 Å². The third kappa shape index (κ3) is 3.66. The second-order valence-electron chi connectivity index (χ2n) is 5.04. The number of rotatable bonds is 5. The van der Waals surface area contributed by atoms with Gasteiger partial charge in [-0.3, -0.25) is 10.1 Å². The molecule has 4 N–H and O–H groups in total. The molecular weight excluding hydrogens is 310 g/mol. The number of hydrogen-bond acceptors (Lipinski definition) is 8. The summed E-state index contributed by atoms with van der Waals surface area (Å²) < 4.78 is 10.6. The third-order valence-electron chi connectivity index (χ3n) is 3.51. The Morgan fingerprint density at radius 2 is 1.83 bits per heavy atom. The van der Waals surface area contributed by atoms with Crippen LogP contribution in [0.15, 0.2) is 30.8 Å². The highest BCUT2D eigenvalue weighted by Crippen LogP contribution is 2.25. The standard InChI is InChI=1S/C14H17NO8/c1-7(15(20)21)8-2-4-9(5-3-8)22-14-13(19)12(18)11(17)10(6-16)23-14/h2-5,10-14,16-19H,1,6H2/t10-,11-,12+,13-,14-/m1/s1. The molecule has 1 aromatic carbocycles. The van der Waals surface area contributed by atoms with E-state index in [9.17, 15) is 25.4 Å². The van der Waals surface area contributed by atoms with E-state index in [2.05, 4.69) is 6.58 Å². The molecule has 5 atom stereocenters. The van der Waals surface area contributed by atoms with Crippen LogP contribution < -0.4 is 4.74 Å². The van der Waals surface area contributed by atoms with Crippen LogP contribution in [0.4, 0.5) is 0 Å². The molecule has 0 aromatic heterocycles. The summed E-state index contributed by atoms with van der Waals surface area (Å²) in [6.07, 6.45) is -6.93. The summed E-state index contributed by atoms with van der Waals surface area (Å²) in [5.41, 5.74) is 0.0144. The van der Waals surface area contributed by atoms with Gasteiger partial charge in [0.25, 0.3) is 5.70 Å². The average molecular weight is 327 g/mol. The summed E-state index contributed by atoms with van der Waals surface area (Å²) >= 11 is 0. The number of ether oxygens (including phenoxy) is 2. The van der Waals surface area contributed by atoms with Gasteiger partial charge < -0.3 is 29.9 Å². The van der Waals surface area contributed by atoms with E-state index in [0.717, 1.165) is 0 Å². The van der Waals surface area contributed by atoms with Crippen LogP contribution in [0.3, 0.4) is 0 Å². The normalized spacial score (nSPS) is 30.7. The Balaban J connectivity index is 2.09. The van der Waals surface area contributed by atoms with E-state index in [1.807, 2.05) is 0 Å². The topological polar surface area (TPSA) is 143 Å². The first-order valence-corrected chi connectivity index (χ1v) is 6.76. The fourth-order valence-electron chi connectivity index (χ4n) is 2.13. The van der Waals surface area contributed by atoms with Gasteiger partial charge in [0, 0.05) is 0 Å². The molecule has 1 aliphatic heterocycles. The van der Waals surface area contributed by atoms with Gasteiger partial charge in [-0.15, -0.1) is 0 Å². The van der Waals surface area contributed by atoms with Crippen molar-refractivity contribution in [2.45, 2.75) is 30.7 Å². The van der Waals surface area contributed by atoms with Crippen molar-refractivity contribution < 1.29 is 34.8 Å². The largest absolute Gasteiger partial charge is 0.462 e. The zero-order chi connectivity index (χ0) is 17.1. The number of nitrogens with zero attached hydrogens (tertiary/aromatic N) is 1. The van der Waals surface area contributed by atoms with Gasteiger partial charge in [-0.25, -0.2) is 0 Å². The Morgan fingerprint density at radius 3 is 2.35 bits per heavy atom. The van der Waals surface area contributed by atoms with Crippen molar-refractivity contribution in [2.75, 3.05) is 6.61 Å². The van der Waals surface area contributed by atoms with E-state index in [4.69, 9.17) is 14.6 Å². The number of benzene rings is 1. The van der Waals surface area contributed by atoms with Crippen LogP contribution in [0.2, 0.25) is 0 Å². The molecule has 1 heterocycles. The summed E-state index contributed by atoms with van der Waals surface area (Å²) in [6.45, 7) is 2.76. The maximum atomic E-state index is 10.6. The predicted octanol–water partition coefficient (Wildman–Crippen LogP) is -0.887. The third-order valence-corrected chi connectivity index (χ3v) is 3.51. The molecule has 1 aliphatic rings. The lowest BCUT2D eigenvalue weighted by molar-refractivity contribution is -0.375. The average Bonchev–Trinajstić information content (AvgIpc) is 2.55. The van der Waals surface area contributed by atoms with E-state index >= 15 is 0 Å². The summed E-state index contributed by atoms with van der Waals surface area (Å²) in [5, 5.41) is 48.9. The van der Waals surface area contributed by atoms with Gasteiger partial charge in [0.05, 0.1) is 17.1 Å². The second kappa shape index (κ2) is 7.02. The fourth-order valence-corrected chi connectivity index (χ4v) is 2.13. The molecule has 2 rings (SSSR count). The first kappa shape index (κ1) is 17.3. The number of nitro groups is 1. The molecular formula is C14H17NO8. The molecule has 0 bridgehead atoms. The smallest absolute Gasteiger partial charge is 0.269 e. The van der Waals surface area contributed by atoms with Crippen molar-refractivity contribution in [1.29, 1.82) is 0 Å². The first-order chi connectivity index (χ1) is 10.8. The summed E-state index contributed by atoms with van der Waals surface area (Å²) in [6, 6.07) is 5.63. The van der Waals surface area contributed by atoms with E-state index < -0.39 is 42.2 Å². The minimum Gasteiger partial charge on any atom is -0.462 e. The fraction of sp³-hybridized carbons (Fsp3) is 0.429. The Bertz CT molecular complexity index is 573. The van der Waals surface area contributed by atoms with Gasteiger partial charge in [-0.05, 0) is 30.8 Å². The summed E-state index contributed by atoms with van der Waals surface area (Å²) in [7, 11) is 0.